The fourth-order valence-corrected chi connectivity index (χ4v) is 2.08. The molecule has 1 aromatic carbocycles. The zero-order chi connectivity index (χ0) is 14.9. The second-order valence-corrected chi connectivity index (χ2v) is 4.74. The first-order chi connectivity index (χ1) is 9.40. The molecule has 0 aliphatic carbocycles. The maximum Gasteiger partial charge on any atom is 0.341 e. The minimum atomic E-state index is -3.01. The van der Waals surface area contributed by atoms with Crippen LogP contribution < -0.4 is 0 Å². The minimum absolute atomic E-state index is 0.0724. The van der Waals surface area contributed by atoms with Gasteiger partial charge in [0.1, 0.15) is 16.4 Å². The fourth-order valence-electron chi connectivity index (χ4n) is 1.68. The molecule has 0 unspecified atom stereocenters. The van der Waals surface area contributed by atoms with Gasteiger partial charge in [-0.05, 0) is 17.7 Å². The van der Waals surface area contributed by atoms with Crippen molar-refractivity contribution in [2.75, 3.05) is 0 Å². The van der Waals surface area contributed by atoms with Crippen molar-refractivity contribution in [3.05, 3.63) is 51.3 Å². The number of aromatic carboxylic acids is 1. The molecule has 0 saturated heterocycles. The molecule has 0 aliphatic heterocycles. The molecule has 2 rings (SSSR count). The number of carboxylic acid groups (broad SMARTS) is 1. The summed E-state index contributed by atoms with van der Waals surface area (Å²) in [7, 11) is 0. The van der Waals surface area contributed by atoms with Gasteiger partial charge in [0.05, 0.1) is 6.54 Å². The standard InChI is InChI=1S/C12H8Cl2F2N2O2/c13-7-3-1-6(2-4-7)5-18-10(14)8(12(19)20)9(17-18)11(15)16/h1-4,11H,5H2,(H,19,20). The Labute approximate surface area is 122 Å². The van der Waals surface area contributed by atoms with Crippen LogP contribution in [0, 0.1) is 0 Å². The smallest absolute Gasteiger partial charge is 0.341 e. The van der Waals surface area contributed by atoms with E-state index in [0.29, 0.717) is 10.6 Å². The average Bonchev–Trinajstić information content (AvgIpc) is 2.70. The maximum absolute atomic E-state index is 12.8. The third-order valence-electron chi connectivity index (χ3n) is 2.58. The zero-order valence-corrected chi connectivity index (χ0v) is 11.4. The molecule has 0 amide bonds. The van der Waals surface area contributed by atoms with Crippen molar-refractivity contribution in [1.29, 1.82) is 0 Å². The van der Waals surface area contributed by atoms with E-state index in [0.717, 1.165) is 4.68 Å². The van der Waals surface area contributed by atoms with Gasteiger partial charge in [-0.3, -0.25) is 0 Å². The Morgan fingerprint density at radius 3 is 2.35 bits per heavy atom. The number of halogens is 4. The van der Waals surface area contributed by atoms with Crippen LogP contribution in [0.4, 0.5) is 8.78 Å². The summed E-state index contributed by atoms with van der Waals surface area (Å²) in [4.78, 5) is 11.0. The Balaban J connectivity index is 2.40. The van der Waals surface area contributed by atoms with Crippen molar-refractivity contribution in [1.82, 2.24) is 9.78 Å². The van der Waals surface area contributed by atoms with Crippen molar-refractivity contribution in [3.8, 4) is 0 Å². The highest BCUT2D eigenvalue weighted by Gasteiger charge is 2.27. The van der Waals surface area contributed by atoms with Crippen molar-refractivity contribution in [2.45, 2.75) is 13.0 Å². The molecular formula is C12H8Cl2F2N2O2. The summed E-state index contributed by atoms with van der Waals surface area (Å²) in [5.41, 5.74) is -0.802. The van der Waals surface area contributed by atoms with Crippen LogP contribution in [0.5, 0.6) is 0 Å². The van der Waals surface area contributed by atoms with E-state index in [1.807, 2.05) is 0 Å². The maximum atomic E-state index is 12.8. The summed E-state index contributed by atoms with van der Waals surface area (Å²) in [5, 5.41) is 12.7. The van der Waals surface area contributed by atoms with Gasteiger partial charge in [0.2, 0.25) is 0 Å². The number of rotatable bonds is 4. The van der Waals surface area contributed by atoms with Crippen LogP contribution in [0.15, 0.2) is 24.3 Å². The molecule has 0 saturated carbocycles. The molecule has 1 aromatic heterocycles. The van der Waals surface area contributed by atoms with E-state index >= 15 is 0 Å². The normalized spacial score (nSPS) is 11.1. The third-order valence-corrected chi connectivity index (χ3v) is 3.22. The van der Waals surface area contributed by atoms with Gasteiger partial charge in [0.25, 0.3) is 6.43 Å². The van der Waals surface area contributed by atoms with Gasteiger partial charge in [-0.15, -0.1) is 0 Å². The summed E-state index contributed by atoms with van der Waals surface area (Å²) in [6.07, 6.45) is -3.01. The molecule has 20 heavy (non-hydrogen) atoms. The van der Waals surface area contributed by atoms with Gasteiger partial charge < -0.3 is 5.11 Å². The van der Waals surface area contributed by atoms with Crippen LogP contribution in [-0.4, -0.2) is 20.9 Å². The first-order valence-corrected chi connectivity index (χ1v) is 6.18. The van der Waals surface area contributed by atoms with Crippen molar-refractivity contribution in [2.24, 2.45) is 0 Å². The van der Waals surface area contributed by atoms with Crippen LogP contribution in [0.2, 0.25) is 10.2 Å². The largest absolute Gasteiger partial charge is 0.478 e. The van der Waals surface area contributed by atoms with E-state index in [2.05, 4.69) is 5.10 Å². The predicted molar refractivity (Wildman–Crippen MR) is 69.7 cm³/mol. The Hall–Kier alpha value is -1.66. The highest BCUT2D eigenvalue weighted by molar-refractivity contribution is 6.32. The summed E-state index contributed by atoms with van der Waals surface area (Å²) in [5.74, 6) is -1.53. The highest BCUT2D eigenvalue weighted by atomic mass is 35.5. The number of benzene rings is 1. The molecule has 0 bridgehead atoms. The van der Waals surface area contributed by atoms with Crippen LogP contribution >= 0.6 is 23.2 Å². The molecule has 1 N–H and O–H groups in total. The van der Waals surface area contributed by atoms with Crippen LogP contribution in [-0.2, 0) is 6.54 Å². The zero-order valence-electron chi connectivity index (χ0n) is 9.86. The SMILES string of the molecule is O=C(O)c1c(C(F)F)nn(Cc2ccc(Cl)cc2)c1Cl. The number of hydrogen-bond acceptors (Lipinski definition) is 2. The molecule has 0 radical (unpaired) electrons. The Bertz CT molecular complexity index is 642. The summed E-state index contributed by atoms with van der Waals surface area (Å²) >= 11 is 11.5. The number of nitrogens with zero attached hydrogens (tertiary/aromatic N) is 2. The van der Waals surface area contributed by atoms with E-state index in [9.17, 15) is 13.6 Å². The van der Waals surface area contributed by atoms with Crippen LogP contribution in [0.3, 0.4) is 0 Å². The number of carboxylic acids is 1. The molecule has 0 aliphatic rings. The van der Waals surface area contributed by atoms with E-state index in [-0.39, 0.29) is 11.7 Å². The lowest BCUT2D eigenvalue weighted by Crippen LogP contribution is -2.03. The summed E-state index contributed by atoms with van der Waals surface area (Å²) in [6.45, 7) is 0.0724. The molecular weight excluding hydrogens is 313 g/mol. The van der Waals surface area contributed by atoms with Gasteiger partial charge >= 0.3 is 5.97 Å². The summed E-state index contributed by atoms with van der Waals surface area (Å²) in [6, 6.07) is 6.59. The van der Waals surface area contributed by atoms with Crippen LogP contribution in [0.25, 0.3) is 0 Å². The quantitative estimate of drug-likeness (QED) is 0.930. The van der Waals surface area contributed by atoms with Crippen LogP contribution in [0.1, 0.15) is 28.0 Å². The monoisotopic (exact) mass is 320 g/mol. The minimum Gasteiger partial charge on any atom is -0.478 e. The second-order valence-electron chi connectivity index (χ2n) is 3.94. The Kier molecular flexibility index (Phi) is 4.25. The number of alkyl halides is 2. The highest BCUT2D eigenvalue weighted by Crippen LogP contribution is 2.28. The van der Waals surface area contributed by atoms with Crippen molar-refractivity contribution < 1.29 is 18.7 Å². The topological polar surface area (TPSA) is 55.1 Å². The van der Waals surface area contributed by atoms with E-state index in [4.69, 9.17) is 28.3 Å². The molecule has 1 heterocycles. The fraction of sp³-hybridized carbons (Fsp3) is 0.167. The molecule has 8 heteroatoms. The van der Waals surface area contributed by atoms with Gasteiger partial charge in [-0.2, -0.15) is 5.10 Å². The Morgan fingerprint density at radius 1 is 1.30 bits per heavy atom. The number of aromatic nitrogens is 2. The molecule has 2 aromatic rings. The van der Waals surface area contributed by atoms with E-state index < -0.39 is 23.7 Å². The number of hydrogen-bond donors (Lipinski definition) is 1. The van der Waals surface area contributed by atoms with Gasteiger partial charge in [0.15, 0.2) is 0 Å². The van der Waals surface area contributed by atoms with Crippen molar-refractivity contribution in [3.63, 3.8) is 0 Å². The lowest BCUT2D eigenvalue weighted by Gasteiger charge is -2.03. The first-order valence-electron chi connectivity index (χ1n) is 5.42. The molecule has 106 valence electrons. The van der Waals surface area contributed by atoms with E-state index in [1.165, 1.54) is 0 Å². The number of carbonyl (C=O) groups is 1. The molecule has 4 nitrogen and oxygen atoms in total. The molecule has 0 spiro atoms. The average molecular weight is 321 g/mol. The predicted octanol–water partition coefficient (Wildman–Crippen LogP) is 3.87. The lowest BCUT2D eigenvalue weighted by atomic mass is 10.2. The second kappa shape index (κ2) is 5.76. The van der Waals surface area contributed by atoms with Crippen molar-refractivity contribution >= 4 is 29.2 Å². The van der Waals surface area contributed by atoms with E-state index in [1.54, 1.807) is 24.3 Å². The lowest BCUT2D eigenvalue weighted by molar-refractivity contribution is 0.0684. The first kappa shape index (κ1) is 14.7. The summed E-state index contributed by atoms with van der Waals surface area (Å²) < 4.78 is 26.5. The molecule has 0 atom stereocenters. The Morgan fingerprint density at radius 2 is 1.90 bits per heavy atom. The van der Waals surface area contributed by atoms with Gasteiger partial charge in [-0.25, -0.2) is 18.3 Å². The van der Waals surface area contributed by atoms with Gasteiger partial charge in [-0.1, -0.05) is 35.3 Å². The molecule has 0 fully saturated rings. The third kappa shape index (κ3) is 2.91. The van der Waals surface area contributed by atoms with Gasteiger partial charge in [0, 0.05) is 5.02 Å².